The van der Waals surface area contributed by atoms with E-state index in [1.54, 1.807) is 6.07 Å². The van der Waals surface area contributed by atoms with Crippen LogP contribution in [0.25, 0.3) is 0 Å². The van der Waals surface area contributed by atoms with Gasteiger partial charge in [-0.05, 0) is 38.5 Å². The molecule has 1 amide bonds. The minimum absolute atomic E-state index is 0.0552. The van der Waals surface area contributed by atoms with Gasteiger partial charge in [0.05, 0.1) is 16.3 Å². The van der Waals surface area contributed by atoms with Crippen LogP contribution in [-0.2, 0) is 4.79 Å². The molecule has 2 N–H and O–H groups in total. The molecule has 2 rings (SSSR count). The molecule has 0 saturated carbocycles. The molecule has 1 aromatic carbocycles. The molecule has 0 aliphatic rings. The van der Waals surface area contributed by atoms with Crippen LogP contribution >= 0.6 is 23.4 Å². The minimum atomic E-state index is -0.0552. The number of carbonyl (C=O) groups excluding carboxylic acids is 1. The second-order valence-corrected chi connectivity index (χ2v) is 5.91. The van der Waals surface area contributed by atoms with Gasteiger partial charge < -0.3 is 5.32 Å². The maximum absolute atomic E-state index is 12.0. The molecular formula is C14H16ClN3OS. The average molecular weight is 310 g/mol. The van der Waals surface area contributed by atoms with Crippen LogP contribution in [0.2, 0.25) is 5.02 Å². The number of hydrogen-bond donors (Lipinski definition) is 2. The molecule has 0 fully saturated rings. The van der Waals surface area contributed by atoms with Crippen LogP contribution in [0.1, 0.15) is 17.0 Å². The molecule has 2 aromatic rings. The summed E-state index contributed by atoms with van der Waals surface area (Å²) in [6.07, 6.45) is 0. The summed E-state index contributed by atoms with van der Waals surface area (Å²) in [4.78, 5) is 13.0. The Morgan fingerprint density at radius 3 is 2.80 bits per heavy atom. The van der Waals surface area contributed by atoms with Gasteiger partial charge in [0.25, 0.3) is 0 Å². The van der Waals surface area contributed by atoms with E-state index in [4.69, 9.17) is 11.6 Å². The van der Waals surface area contributed by atoms with E-state index in [-0.39, 0.29) is 5.91 Å². The number of rotatable bonds is 4. The number of nitrogens with one attached hydrogen (secondary N) is 2. The zero-order valence-electron chi connectivity index (χ0n) is 11.6. The van der Waals surface area contributed by atoms with Crippen molar-refractivity contribution in [2.45, 2.75) is 25.7 Å². The largest absolute Gasteiger partial charge is 0.325 e. The van der Waals surface area contributed by atoms with Gasteiger partial charge in [0.15, 0.2) is 0 Å². The minimum Gasteiger partial charge on any atom is -0.325 e. The van der Waals surface area contributed by atoms with Crippen LogP contribution < -0.4 is 5.32 Å². The Hall–Kier alpha value is -1.46. The lowest BCUT2D eigenvalue weighted by molar-refractivity contribution is -0.113. The molecule has 0 atom stereocenters. The number of hydrogen-bond acceptors (Lipinski definition) is 3. The fraction of sp³-hybridized carbons (Fsp3) is 0.286. The molecule has 0 unspecified atom stereocenters. The van der Waals surface area contributed by atoms with Gasteiger partial charge in [-0.15, -0.1) is 11.8 Å². The molecule has 6 heteroatoms. The Morgan fingerprint density at radius 2 is 2.15 bits per heavy atom. The summed E-state index contributed by atoms with van der Waals surface area (Å²) >= 11 is 7.51. The molecule has 4 nitrogen and oxygen atoms in total. The Bertz CT molecular complexity index is 620. The van der Waals surface area contributed by atoms with E-state index in [0.717, 1.165) is 27.5 Å². The molecule has 106 valence electrons. The van der Waals surface area contributed by atoms with Crippen molar-refractivity contribution in [1.82, 2.24) is 10.2 Å². The number of nitrogens with zero attached hydrogens (tertiary/aromatic N) is 1. The quantitative estimate of drug-likeness (QED) is 0.846. The lowest BCUT2D eigenvalue weighted by Gasteiger charge is -2.09. The zero-order chi connectivity index (χ0) is 14.7. The first-order chi connectivity index (χ1) is 9.49. The first-order valence-corrected chi connectivity index (χ1v) is 7.54. The van der Waals surface area contributed by atoms with Crippen LogP contribution in [0.3, 0.4) is 0 Å². The number of H-pyrrole nitrogens is 1. The standard InChI is InChI=1S/C14H16ClN3OS/c1-8-11(15)5-4-6-12(8)16-13(19)7-20-14-9(2)17-18-10(14)3/h4-6H,7H2,1-3H3,(H,16,19)(H,17,18). The van der Waals surface area contributed by atoms with Crippen molar-refractivity contribution in [3.8, 4) is 0 Å². The number of aromatic nitrogens is 2. The Morgan fingerprint density at radius 1 is 1.40 bits per heavy atom. The molecule has 0 saturated heterocycles. The maximum atomic E-state index is 12.0. The van der Waals surface area contributed by atoms with Gasteiger partial charge in [0.2, 0.25) is 5.91 Å². The second-order valence-electron chi connectivity index (χ2n) is 4.51. The summed E-state index contributed by atoms with van der Waals surface area (Å²) in [7, 11) is 0. The van der Waals surface area contributed by atoms with Gasteiger partial charge in [0, 0.05) is 16.4 Å². The summed E-state index contributed by atoms with van der Waals surface area (Å²) in [5, 5.41) is 10.5. The van der Waals surface area contributed by atoms with E-state index in [9.17, 15) is 4.79 Å². The van der Waals surface area contributed by atoms with Gasteiger partial charge in [-0.3, -0.25) is 9.89 Å². The molecule has 1 heterocycles. The summed E-state index contributed by atoms with van der Waals surface area (Å²) in [5.74, 6) is 0.285. The number of carbonyl (C=O) groups is 1. The van der Waals surface area contributed by atoms with E-state index >= 15 is 0 Å². The molecule has 0 bridgehead atoms. The molecule has 0 radical (unpaired) electrons. The van der Waals surface area contributed by atoms with Crippen LogP contribution in [0.15, 0.2) is 23.1 Å². The highest BCUT2D eigenvalue weighted by Crippen LogP contribution is 2.26. The molecule has 0 aliphatic carbocycles. The van der Waals surface area contributed by atoms with Crippen molar-refractivity contribution < 1.29 is 4.79 Å². The highest BCUT2D eigenvalue weighted by molar-refractivity contribution is 8.00. The predicted molar refractivity (Wildman–Crippen MR) is 83.6 cm³/mol. The van der Waals surface area contributed by atoms with E-state index in [2.05, 4.69) is 15.5 Å². The van der Waals surface area contributed by atoms with Crippen molar-refractivity contribution in [1.29, 1.82) is 0 Å². The van der Waals surface area contributed by atoms with Gasteiger partial charge in [-0.1, -0.05) is 17.7 Å². The Kier molecular flexibility index (Phi) is 4.73. The molecule has 20 heavy (non-hydrogen) atoms. The molecule has 0 spiro atoms. The monoisotopic (exact) mass is 309 g/mol. The van der Waals surface area contributed by atoms with Gasteiger partial charge >= 0.3 is 0 Å². The highest BCUT2D eigenvalue weighted by Gasteiger charge is 2.11. The fourth-order valence-corrected chi connectivity index (χ4v) is 2.86. The van der Waals surface area contributed by atoms with E-state index in [0.29, 0.717) is 10.8 Å². The van der Waals surface area contributed by atoms with E-state index < -0.39 is 0 Å². The molecule has 0 aliphatic heterocycles. The Labute approximate surface area is 127 Å². The third-order valence-corrected chi connectivity index (χ3v) is 4.66. The van der Waals surface area contributed by atoms with Crippen molar-refractivity contribution in [3.05, 3.63) is 40.2 Å². The number of halogens is 1. The topological polar surface area (TPSA) is 57.8 Å². The number of aromatic amines is 1. The van der Waals surface area contributed by atoms with Crippen LogP contribution in [0.4, 0.5) is 5.69 Å². The number of benzene rings is 1. The summed E-state index contributed by atoms with van der Waals surface area (Å²) in [6.45, 7) is 5.75. The van der Waals surface area contributed by atoms with Crippen molar-refractivity contribution in [2.75, 3.05) is 11.1 Å². The number of amides is 1. The van der Waals surface area contributed by atoms with Crippen molar-refractivity contribution >= 4 is 35.0 Å². The number of anilines is 1. The Balaban J connectivity index is 1.98. The highest BCUT2D eigenvalue weighted by atomic mass is 35.5. The zero-order valence-corrected chi connectivity index (χ0v) is 13.2. The second kappa shape index (κ2) is 6.33. The molecular weight excluding hydrogens is 294 g/mol. The third-order valence-electron chi connectivity index (χ3n) is 2.95. The van der Waals surface area contributed by atoms with Crippen molar-refractivity contribution in [2.24, 2.45) is 0 Å². The average Bonchev–Trinajstić information content (AvgIpc) is 2.72. The molecule has 1 aromatic heterocycles. The SMILES string of the molecule is Cc1n[nH]c(C)c1SCC(=O)Nc1cccc(Cl)c1C. The first-order valence-electron chi connectivity index (χ1n) is 6.18. The van der Waals surface area contributed by atoms with E-state index in [1.807, 2.05) is 32.9 Å². The van der Waals surface area contributed by atoms with Crippen LogP contribution in [-0.4, -0.2) is 21.9 Å². The van der Waals surface area contributed by atoms with Gasteiger partial charge in [-0.25, -0.2) is 0 Å². The lowest BCUT2D eigenvalue weighted by Crippen LogP contribution is -2.15. The van der Waals surface area contributed by atoms with E-state index in [1.165, 1.54) is 11.8 Å². The summed E-state index contributed by atoms with van der Waals surface area (Å²) in [6, 6.07) is 5.47. The third kappa shape index (κ3) is 3.35. The fourth-order valence-electron chi connectivity index (χ4n) is 1.82. The summed E-state index contributed by atoms with van der Waals surface area (Å²) < 4.78 is 0. The number of aryl methyl sites for hydroxylation is 2. The summed E-state index contributed by atoms with van der Waals surface area (Å²) in [5.41, 5.74) is 3.53. The van der Waals surface area contributed by atoms with Crippen LogP contribution in [0, 0.1) is 20.8 Å². The normalized spacial score (nSPS) is 10.6. The smallest absolute Gasteiger partial charge is 0.234 e. The van der Waals surface area contributed by atoms with Gasteiger partial charge in [-0.2, -0.15) is 5.10 Å². The first kappa shape index (κ1) is 14.9. The van der Waals surface area contributed by atoms with Crippen LogP contribution in [0.5, 0.6) is 0 Å². The lowest BCUT2D eigenvalue weighted by atomic mass is 10.2. The predicted octanol–water partition coefficient (Wildman–Crippen LogP) is 3.72. The van der Waals surface area contributed by atoms with Crippen molar-refractivity contribution in [3.63, 3.8) is 0 Å². The maximum Gasteiger partial charge on any atom is 0.234 e. The van der Waals surface area contributed by atoms with Gasteiger partial charge in [0.1, 0.15) is 0 Å². The number of thioether (sulfide) groups is 1.